The van der Waals surface area contributed by atoms with Gasteiger partial charge in [0.1, 0.15) is 31.0 Å². The lowest BCUT2D eigenvalue weighted by Crippen LogP contribution is -2.64. The fourth-order valence-electron chi connectivity index (χ4n) is 1.75. The molecule has 1 amide bonds. The van der Waals surface area contributed by atoms with Crippen LogP contribution in [0.25, 0.3) is 0 Å². The average molecular weight is 263 g/mol. The van der Waals surface area contributed by atoms with Gasteiger partial charge in [0.2, 0.25) is 5.91 Å². The number of nitrogens with one attached hydrogen (secondary N) is 1. The number of rotatable bonds is 5. The Morgan fingerprint density at radius 2 is 2.22 bits per heavy atom. The van der Waals surface area contributed by atoms with E-state index >= 15 is 0 Å². The van der Waals surface area contributed by atoms with E-state index in [-0.39, 0.29) is 6.61 Å². The molecule has 0 bridgehead atoms. The molecule has 5 atom stereocenters. The number of hydrogen-bond acceptors (Lipinski definition) is 5. The van der Waals surface area contributed by atoms with E-state index in [0.29, 0.717) is 0 Å². The Balaban J connectivity index is 2.79. The summed E-state index contributed by atoms with van der Waals surface area (Å²) in [6.45, 7) is 3.86. The Kier molecular flexibility index (Phi) is 5.67. The first kappa shape index (κ1) is 15.0. The molecular weight excluding hydrogens is 245 g/mol. The van der Waals surface area contributed by atoms with Gasteiger partial charge < -0.3 is 25.0 Å². The van der Waals surface area contributed by atoms with Crippen LogP contribution in [0.2, 0.25) is 0 Å². The zero-order chi connectivity index (χ0) is 13.7. The van der Waals surface area contributed by atoms with Crippen LogP contribution in [0.5, 0.6) is 0 Å². The highest BCUT2D eigenvalue weighted by Gasteiger charge is 2.45. The molecule has 3 N–H and O–H groups in total. The Morgan fingerprint density at radius 1 is 1.56 bits per heavy atom. The second-order valence-electron chi connectivity index (χ2n) is 4.03. The molecule has 0 spiro atoms. The summed E-state index contributed by atoms with van der Waals surface area (Å²) in [7, 11) is 0. The average Bonchev–Trinajstić information content (AvgIpc) is 2.33. The van der Waals surface area contributed by atoms with Gasteiger partial charge in [-0.2, -0.15) is 0 Å². The van der Waals surface area contributed by atoms with Crippen molar-refractivity contribution in [3.8, 4) is 0 Å². The summed E-state index contributed by atoms with van der Waals surface area (Å²) in [5.41, 5.74) is 0. The van der Waals surface area contributed by atoms with Crippen molar-refractivity contribution in [3.05, 3.63) is 12.7 Å². The highest BCUT2D eigenvalue weighted by Crippen LogP contribution is 2.22. The summed E-state index contributed by atoms with van der Waals surface area (Å²) in [6, 6.07) is -0.958. The molecule has 0 aliphatic carbocycles. The Bertz CT molecular complexity index is 301. The number of aliphatic hydroxyl groups is 2. The number of alkyl halides is 1. The van der Waals surface area contributed by atoms with Crippen LogP contribution in [0, 0.1) is 0 Å². The summed E-state index contributed by atoms with van der Waals surface area (Å²) in [5.74, 6) is -0.416. The number of ether oxygens (including phenoxy) is 2. The first-order chi connectivity index (χ1) is 8.51. The third kappa shape index (κ3) is 3.49. The number of amides is 1. The predicted molar refractivity (Wildman–Crippen MR) is 60.4 cm³/mol. The van der Waals surface area contributed by atoms with Gasteiger partial charge in [0.15, 0.2) is 6.29 Å². The van der Waals surface area contributed by atoms with E-state index in [1.54, 1.807) is 0 Å². The van der Waals surface area contributed by atoms with Gasteiger partial charge in [0.05, 0.1) is 6.61 Å². The molecule has 0 aromatic carbocycles. The van der Waals surface area contributed by atoms with Crippen LogP contribution in [0.15, 0.2) is 12.7 Å². The molecule has 0 aromatic rings. The predicted octanol–water partition coefficient (Wildman–Crippen LogP) is -0.890. The van der Waals surface area contributed by atoms with Crippen LogP contribution in [-0.2, 0) is 14.3 Å². The SMILES string of the molecule is C=CCO[C@H]1O[C@H](CF)[C@@H](O)[C@H](O)[C@H]1NC(C)=O. The van der Waals surface area contributed by atoms with E-state index in [0.717, 1.165) is 0 Å². The Labute approximate surface area is 104 Å². The maximum absolute atomic E-state index is 12.6. The number of hydrogen-bond donors (Lipinski definition) is 3. The second kappa shape index (κ2) is 6.79. The minimum absolute atomic E-state index is 0.114. The highest BCUT2D eigenvalue weighted by molar-refractivity contribution is 5.73. The lowest BCUT2D eigenvalue weighted by molar-refractivity contribution is -0.263. The number of halogens is 1. The lowest BCUT2D eigenvalue weighted by atomic mass is 9.97. The van der Waals surface area contributed by atoms with Gasteiger partial charge in [-0.15, -0.1) is 6.58 Å². The highest BCUT2D eigenvalue weighted by atomic mass is 19.1. The van der Waals surface area contributed by atoms with Crippen molar-refractivity contribution in [2.24, 2.45) is 0 Å². The quantitative estimate of drug-likeness (QED) is 0.560. The van der Waals surface area contributed by atoms with E-state index < -0.39 is 43.2 Å². The van der Waals surface area contributed by atoms with E-state index in [9.17, 15) is 19.4 Å². The van der Waals surface area contributed by atoms with Crippen LogP contribution in [-0.4, -0.2) is 60.0 Å². The van der Waals surface area contributed by atoms with Crippen LogP contribution < -0.4 is 5.32 Å². The zero-order valence-corrected chi connectivity index (χ0v) is 10.1. The fourth-order valence-corrected chi connectivity index (χ4v) is 1.75. The molecule has 18 heavy (non-hydrogen) atoms. The van der Waals surface area contributed by atoms with Gasteiger partial charge in [0, 0.05) is 6.92 Å². The lowest BCUT2D eigenvalue weighted by Gasteiger charge is -2.41. The first-order valence-electron chi connectivity index (χ1n) is 5.58. The molecule has 1 saturated heterocycles. The minimum Gasteiger partial charge on any atom is -0.388 e. The van der Waals surface area contributed by atoms with Crippen LogP contribution in [0.3, 0.4) is 0 Å². The maximum atomic E-state index is 12.6. The Hall–Kier alpha value is -1.02. The van der Waals surface area contributed by atoms with Crippen molar-refractivity contribution >= 4 is 5.91 Å². The molecule has 1 rings (SSSR count). The van der Waals surface area contributed by atoms with Crippen molar-refractivity contribution in [3.63, 3.8) is 0 Å². The molecule has 1 aliphatic rings. The van der Waals surface area contributed by atoms with E-state index in [4.69, 9.17) is 9.47 Å². The van der Waals surface area contributed by atoms with Gasteiger partial charge in [0.25, 0.3) is 0 Å². The smallest absolute Gasteiger partial charge is 0.217 e. The molecule has 1 aliphatic heterocycles. The normalized spacial score (nSPS) is 36.1. The minimum atomic E-state index is -1.42. The molecule has 1 fully saturated rings. The van der Waals surface area contributed by atoms with Crippen molar-refractivity contribution in [2.75, 3.05) is 13.3 Å². The molecule has 0 saturated carbocycles. The van der Waals surface area contributed by atoms with E-state index in [1.165, 1.54) is 13.0 Å². The second-order valence-corrected chi connectivity index (χ2v) is 4.03. The molecule has 104 valence electrons. The third-order valence-corrected chi connectivity index (χ3v) is 2.60. The largest absolute Gasteiger partial charge is 0.388 e. The summed E-state index contributed by atoms with van der Waals surface area (Å²) in [4.78, 5) is 11.0. The molecule has 7 heteroatoms. The van der Waals surface area contributed by atoms with Gasteiger partial charge in [-0.25, -0.2) is 4.39 Å². The third-order valence-electron chi connectivity index (χ3n) is 2.60. The summed E-state index contributed by atoms with van der Waals surface area (Å²) in [6.07, 6.45) is -3.55. The van der Waals surface area contributed by atoms with Crippen LogP contribution in [0.1, 0.15) is 6.92 Å². The molecule has 6 nitrogen and oxygen atoms in total. The molecule has 0 aromatic heterocycles. The standard InChI is InChI=1S/C11H18FNO5/c1-3-4-17-11-8(13-6(2)14)10(16)9(15)7(5-12)18-11/h3,7-11,15-16H,1,4-5H2,2H3,(H,13,14)/t7-,8-,9-,10-,11+/m1/s1. The topological polar surface area (TPSA) is 88.0 Å². The van der Waals surface area contributed by atoms with Crippen LogP contribution >= 0.6 is 0 Å². The van der Waals surface area contributed by atoms with Gasteiger partial charge in [-0.05, 0) is 0 Å². The Morgan fingerprint density at radius 3 is 2.72 bits per heavy atom. The van der Waals surface area contributed by atoms with Gasteiger partial charge in [-0.3, -0.25) is 4.79 Å². The number of carbonyl (C=O) groups excluding carboxylic acids is 1. The van der Waals surface area contributed by atoms with Crippen molar-refractivity contribution in [2.45, 2.75) is 37.6 Å². The van der Waals surface area contributed by atoms with E-state index in [2.05, 4.69) is 11.9 Å². The van der Waals surface area contributed by atoms with Gasteiger partial charge >= 0.3 is 0 Å². The van der Waals surface area contributed by atoms with Gasteiger partial charge in [-0.1, -0.05) is 6.08 Å². The maximum Gasteiger partial charge on any atom is 0.217 e. The van der Waals surface area contributed by atoms with Crippen molar-refractivity contribution in [1.29, 1.82) is 0 Å². The monoisotopic (exact) mass is 263 g/mol. The van der Waals surface area contributed by atoms with Crippen molar-refractivity contribution < 1.29 is 28.9 Å². The summed E-state index contributed by atoms with van der Waals surface area (Å²) in [5, 5.41) is 21.9. The summed E-state index contributed by atoms with van der Waals surface area (Å²) < 4.78 is 23.0. The van der Waals surface area contributed by atoms with Crippen LogP contribution in [0.4, 0.5) is 4.39 Å². The number of carbonyl (C=O) groups is 1. The molecule has 1 heterocycles. The molecule has 0 radical (unpaired) electrons. The molecule has 0 unspecified atom stereocenters. The fraction of sp³-hybridized carbons (Fsp3) is 0.727. The first-order valence-corrected chi connectivity index (χ1v) is 5.58. The summed E-state index contributed by atoms with van der Waals surface area (Å²) >= 11 is 0. The zero-order valence-electron chi connectivity index (χ0n) is 10.1. The van der Waals surface area contributed by atoms with Crippen molar-refractivity contribution in [1.82, 2.24) is 5.32 Å². The van der Waals surface area contributed by atoms with E-state index in [1.807, 2.05) is 0 Å². The number of aliphatic hydroxyl groups excluding tert-OH is 2. The molecular formula is C11H18FNO5.